The first kappa shape index (κ1) is 55.9. The standard InChI is InChI=1S/C52H72ClN9O9S/c1-35-45(72-34-57-35)37-15-13-36(14-16-37)30-55-48(65)43-29-40(63)32-62(43)50(67)46(52(2,3)4)59-44(64)33-70-27-9-25-68-23-6-7-24-69-26-10-28-71-41-19-17-39(18-20-41)58-51-56-31-42(53)47(60-51)54-21-22-61(5)49(66)38-11-8-12-38/h13-20,31,34,38,40,43,46,63H,6-12,21-30,32-33H2,1-5H3,(H,55,65)(H,59,64)(H2,54,56,58,60)/t40-,43+,46-/m1/s1. The van der Waals surface area contributed by atoms with Gasteiger partial charge in [-0.2, -0.15) is 4.98 Å². The zero-order chi connectivity index (χ0) is 51.5. The molecule has 1 saturated heterocycles. The third-order valence-electron chi connectivity index (χ3n) is 12.5. The molecular weight excluding hydrogens is 962 g/mol. The molecule has 2 aromatic heterocycles. The first-order valence-corrected chi connectivity index (χ1v) is 26.2. The highest BCUT2D eigenvalue weighted by Crippen LogP contribution is 2.30. The number of carbonyl (C=O) groups excluding carboxylic acids is 4. The SMILES string of the molecule is Cc1ncsc1-c1ccc(CNC(=O)[C@@H]2C[C@@H](O)CN2C(=O)[C@@H](NC(=O)COCCCOCCCCOCCCOc2ccc(Nc3ncc(Cl)c(NCCN(C)C(=O)C4CCC4)n3)cc2)C(C)(C)C)cc1. The lowest BCUT2D eigenvalue weighted by atomic mass is 9.84. The van der Waals surface area contributed by atoms with Crippen LogP contribution in [0.25, 0.3) is 10.4 Å². The number of hydrogen-bond acceptors (Lipinski definition) is 15. The average molecular weight is 1030 g/mol. The van der Waals surface area contributed by atoms with E-state index in [-0.39, 0.29) is 43.8 Å². The Hall–Kier alpha value is -5.44. The van der Waals surface area contributed by atoms with Crippen molar-refractivity contribution in [2.75, 3.05) is 83.6 Å². The molecule has 4 amide bonds. The summed E-state index contributed by atoms with van der Waals surface area (Å²) in [5, 5.41) is 23.1. The van der Waals surface area contributed by atoms with Crippen molar-refractivity contribution in [2.24, 2.45) is 11.3 Å². The molecule has 1 aliphatic heterocycles. The van der Waals surface area contributed by atoms with Crippen LogP contribution in [-0.4, -0.2) is 145 Å². The van der Waals surface area contributed by atoms with Gasteiger partial charge >= 0.3 is 0 Å². The van der Waals surface area contributed by atoms with E-state index in [1.807, 2.05) is 88.8 Å². The topological polar surface area (TPSA) is 219 Å². The van der Waals surface area contributed by atoms with Crippen molar-refractivity contribution in [2.45, 2.75) is 104 Å². The summed E-state index contributed by atoms with van der Waals surface area (Å²) in [7, 11) is 1.83. The van der Waals surface area contributed by atoms with E-state index in [1.54, 1.807) is 16.2 Å². The van der Waals surface area contributed by atoms with E-state index in [0.29, 0.717) is 75.9 Å². The number of β-amino-alcohol motifs (C(OH)–C–C–N with tert-alkyl or cyclic N) is 1. The molecule has 5 N–H and O–H groups in total. The normalized spacial score (nSPS) is 16.2. The predicted octanol–water partition coefficient (Wildman–Crippen LogP) is 6.77. The molecule has 3 heterocycles. The maximum Gasteiger partial charge on any atom is 0.246 e. The van der Waals surface area contributed by atoms with Crippen LogP contribution in [0.3, 0.4) is 0 Å². The zero-order valence-electron chi connectivity index (χ0n) is 42.3. The molecule has 0 radical (unpaired) electrons. The molecule has 2 fully saturated rings. The molecule has 2 aromatic carbocycles. The highest BCUT2D eigenvalue weighted by molar-refractivity contribution is 7.13. The van der Waals surface area contributed by atoms with Gasteiger partial charge in [-0.3, -0.25) is 19.2 Å². The molecule has 392 valence electrons. The highest BCUT2D eigenvalue weighted by atomic mass is 35.5. The summed E-state index contributed by atoms with van der Waals surface area (Å²) < 4.78 is 23.0. The number of thiazole rings is 1. The van der Waals surface area contributed by atoms with Gasteiger partial charge < -0.3 is 55.1 Å². The Morgan fingerprint density at radius 2 is 1.60 bits per heavy atom. The second-order valence-electron chi connectivity index (χ2n) is 19.3. The van der Waals surface area contributed by atoms with Crippen molar-refractivity contribution in [3.8, 4) is 16.2 Å². The Balaban J connectivity index is 0.767. The number of halogens is 1. The minimum atomic E-state index is -0.942. The second kappa shape index (κ2) is 28.1. The molecule has 0 bridgehead atoms. The van der Waals surface area contributed by atoms with Crippen LogP contribution in [-0.2, 0) is 39.9 Å². The van der Waals surface area contributed by atoms with Crippen molar-refractivity contribution in [1.29, 1.82) is 0 Å². The van der Waals surface area contributed by atoms with E-state index >= 15 is 0 Å². The van der Waals surface area contributed by atoms with Crippen molar-refractivity contribution >= 4 is 64.0 Å². The van der Waals surface area contributed by atoms with Crippen LogP contribution in [0.2, 0.25) is 5.02 Å². The number of unbranched alkanes of at least 4 members (excludes halogenated alkanes) is 1. The lowest BCUT2D eigenvalue weighted by Gasteiger charge is -2.35. The number of carbonyl (C=O) groups is 4. The van der Waals surface area contributed by atoms with E-state index in [4.69, 9.17) is 30.5 Å². The van der Waals surface area contributed by atoms with Gasteiger partial charge in [-0.1, -0.05) is 63.1 Å². The van der Waals surface area contributed by atoms with Crippen molar-refractivity contribution in [3.05, 3.63) is 76.5 Å². The fraction of sp³-hybridized carbons (Fsp3) is 0.558. The van der Waals surface area contributed by atoms with E-state index < -0.39 is 35.4 Å². The van der Waals surface area contributed by atoms with Crippen LogP contribution < -0.4 is 26.0 Å². The van der Waals surface area contributed by atoms with Crippen molar-refractivity contribution in [1.82, 2.24) is 35.4 Å². The third-order valence-corrected chi connectivity index (χ3v) is 13.7. The minimum Gasteiger partial charge on any atom is -0.494 e. The Labute approximate surface area is 432 Å². The molecule has 1 saturated carbocycles. The molecular formula is C52H72ClN9O9S. The number of likely N-dealkylation sites (N-methyl/N-ethyl adjacent to an activating group) is 1. The lowest BCUT2D eigenvalue weighted by molar-refractivity contribution is -0.144. The third kappa shape index (κ3) is 17.4. The van der Waals surface area contributed by atoms with Gasteiger partial charge in [0.05, 0.1) is 35.0 Å². The molecule has 6 rings (SSSR count). The molecule has 3 atom stereocenters. The van der Waals surface area contributed by atoms with Gasteiger partial charge in [-0.25, -0.2) is 9.97 Å². The monoisotopic (exact) mass is 1030 g/mol. The van der Waals surface area contributed by atoms with Gasteiger partial charge in [0.25, 0.3) is 0 Å². The van der Waals surface area contributed by atoms with E-state index in [1.165, 1.54) is 11.1 Å². The van der Waals surface area contributed by atoms with Gasteiger partial charge in [-0.15, -0.1) is 11.3 Å². The fourth-order valence-corrected chi connectivity index (χ4v) is 9.08. The summed E-state index contributed by atoms with van der Waals surface area (Å²) >= 11 is 7.90. The number of amides is 4. The first-order chi connectivity index (χ1) is 34.7. The number of aliphatic hydroxyl groups excluding tert-OH is 1. The summed E-state index contributed by atoms with van der Waals surface area (Å²) in [5.74, 6) is 0.751. The number of rotatable bonds is 29. The number of nitrogens with one attached hydrogen (secondary N) is 4. The lowest BCUT2D eigenvalue weighted by Crippen LogP contribution is -2.58. The Bertz CT molecular complexity index is 2350. The fourth-order valence-electron chi connectivity index (χ4n) is 8.11. The second-order valence-corrected chi connectivity index (χ2v) is 20.6. The van der Waals surface area contributed by atoms with E-state index in [0.717, 1.165) is 71.7 Å². The number of aliphatic hydroxyl groups is 1. The Morgan fingerprint density at radius 3 is 2.25 bits per heavy atom. The molecule has 72 heavy (non-hydrogen) atoms. The van der Waals surface area contributed by atoms with Crippen LogP contribution in [0.5, 0.6) is 5.75 Å². The number of hydrogen-bond donors (Lipinski definition) is 5. The van der Waals surface area contributed by atoms with E-state index in [2.05, 4.69) is 36.2 Å². The number of likely N-dealkylation sites (tertiary alicyclic amines) is 1. The number of benzene rings is 2. The molecule has 20 heteroatoms. The van der Waals surface area contributed by atoms with Gasteiger partial charge in [0.15, 0.2) is 5.82 Å². The largest absolute Gasteiger partial charge is 0.494 e. The maximum atomic E-state index is 13.9. The Morgan fingerprint density at radius 1 is 0.917 bits per heavy atom. The molecule has 0 unspecified atom stereocenters. The minimum absolute atomic E-state index is 0.00487. The first-order valence-electron chi connectivity index (χ1n) is 25.0. The van der Waals surface area contributed by atoms with Crippen LogP contribution in [0, 0.1) is 18.3 Å². The molecule has 4 aromatic rings. The van der Waals surface area contributed by atoms with Crippen LogP contribution in [0.15, 0.2) is 60.2 Å². The molecule has 0 spiro atoms. The summed E-state index contributed by atoms with van der Waals surface area (Å²) in [6.45, 7) is 11.7. The number of nitrogens with zero attached hydrogens (tertiary/aromatic N) is 5. The number of anilines is 3. The van der Waals surface area contributed by atoms with Gasteiger partial charge in [0.2, 0.25) is 29.6 Å². The van der Waals surface area contributed by atoms with Crippen LogP contribution in [0.1, 0.15) is 83.4 Å². The summed E-state index contributed by atoms with van der Waals surface area (Å²) in [6, 6.07) is 13.6. The molecule has 18 nitrogen and oxygen atoms in total. The van der Waals surface area contributed by atoms with Gasteiger partial charge in [-0.05, 0) is 79.8 Å². The highest BCUT2D eigenvalue weighted by Gasteiger charge is 2.44. The smallest absolute Gasteiger partial charge is 0.246 e. The number of ether oxygens (including phenoxy) is 4. The summed E-state index contributed by atoms with van der Waals surface area (Å²) in [6.07, 6.45) is 6.91. The zero-order valence-corrected chi connectivity index (χ0v) is 43.8. The molecule has 1 aliphatic carbocycles. The summed E-state index contributed by atoms with van der Waals surface area (Å²) in [4.78, 5) is 70.1. The Kier molecular flexibility index (Phi) is 21.8. The quantitative estimate of drug-likeness (QED) is 0.0355. The van der Waals surface area contributed by atoms with Crippen LogP contribution >= 0.6 is 22.9 Å². The van der Waals surface area contributed by atoms with Gasteiger partial charge in [0.1, 0.15) is 29.5 Å². The van der Waals surface area contributed by atoms with Crippen LogP contribution in [0.4, 0.5) is 17.5 Å². The maximum absolute atomic E-state index is 13.9. The van der Waals surface area contributed by atoms with Crippen molar-refractivity contribution in [3.63, 3.8) is 0 Å². The predicted molar refractivity (Wildman–Crippen MR) is 278 cm³/mol. The summed E-state index contributed by atoms with van der Waals surface area (Å²) in [5.41, 5.74) is 4.84. The number of aromatic nitrogens is 3. The number of aryl methyl sites for hydroxylation is 1. The average Bonchev–Trinajstić information content (AvgIpc) is 3.96. The van der Waals surface area contributed by atoms with Gasteiger partial charge in [0, 0.05) is 90.7 Å². The molecule has 2 aliphatic rings. The van der Waals surface area contributed by atoms with E-state index in [9.17, 15) is 24.3 Å². The van der Waals surface area contributed by atoms with Crippen molar-refractivity contribution < 1.29 is 43.2 Å².